The predicted octanol–water partition coefficient (Wildman–Crippen LogP) is 2.80. The molecule has 1 aromatic carbocycles. The Bertz CT molecular complexity index is 380. The number of nitrogens with zero attached hydrogens (tertiary/aromatic N) is 1. The van der Waals surface area contributed by atoms with Gasteiger partial charge in [-0.2, -0.15) is 13.2 Å². The van der Waals surface area contributed by atoms with Gasteiger partial charge in [0.15, 0.2) is 0 Å². The summed E-state index contributed by atoms with van der Waals surface area (Å²) in [5, 5.41) is 0. The van der Waals surface area contributed by atoms with Gasteiger partial charge in [-0.05, 0) is 43.6 Å². The van der Waals surface area contributed by atoms with Crippen LogP contribution in [-0.4, -0.2) is 24.5 Å². The van der Waals surface area contributed by atoms with Crippen molar-refractivity contribution >= 4 is 0 Å². The number of nitrogens with two attached hydrogens (primary N) is 1. The second kappa shape index (κ2) is 5.28. The summed E-state index contributed by atoms with van der Waals surface area (Å²) >= 11 is 0. The van der Waals surface area contributed by atoms with Gasteiger partial charge in [-0.15, -0.1) is 0 Å². The molecule has 100 valence electrons. The van der Waals surface area contributed by atoms with Crippen LogP contribution in [0.15, 0.2) is 24.3 Å². The van der Waals surface area contributed by atoms with E-state index < -0.39 is 11.7 Å². The summed E-state index contributed by atoms with van der Waals surface area (Å²) in [5.41, 5.74) is 6.14. The number of hydrogen-bond acceptors (Lipinski definition) is 2. The highest BCUT2D eigenvalue weighted by atomic mass is 19.4. The SMILES string of the molecule is NC(CN1CCCC1)c1ccc(C(F)(F)F)cc1. The highest BCUT2D eigenvalue weighted by molar-refractivity contribution is 5.26. The lowest BCUT2D eigenvalue weighted by molar-refractivity contribution is -0.137. The predicted molar refractivity (Wildman–Crippen MR) is 64.0 cm³/mol. The van der Waals surface area contributed by atoms with Gasteiger partial charge < -0.3 is 10.6 Å². The number of alkyl halides is 3. The Morgan fingerprint density at radius 1 is 1.11 bits per heavy atom. The first kappa shape index (κ1) is 13.4. The highest BCUT2D eigenvalue weighted by Gasteiger charge is 2.30. The molecule has 1 aliphatic heterocycles. The monoisotopic (exact) mass is 258 g/mol. The lowest BCUT2D eigenvalue weighted by Gasteiger charge is -2.20. The second-order valence-electron chi connectivity index (χ2n) is 4.73. The van der Waals surface area contributed by atoms with Crippen LogP contribution in [0.5, 0.6) is 0 Å². The molecule has 0 aliphatic carbocycles. The maximum Gasteiger partial charge on any atom is 0.416 e. The van der Waals surface area contributed by atoms with E-state index in [1.54, 1.807) is 0 Å². The van der Waals surface area contributed by atoms with Crippen molar-refractivity contribution in [2.24, 2.45) is 5.73 Å². The zero-order chi connectivity index (χ0) is 13.2. The summed E-state index contributed by atoms with van der Waals surface area (Å²) in [6.07, 6.45) is -1.92. The third-order valence-electron chi connectivity index (χ3n) is 3.32. The van der Waals surface area contributed by atoms with E-state index >= 15 is 0 Å². The minimum absolute atomic E-state index is 0.217. The van der Waals surface area contributed by atoms with Gasteiger partial charge in [0.05, 0.1) is 5.56 Å². The molecule has 1 heterocycles. The van der Waals surface area contributed by atoms with Crippen molar-refractivity contribution in [2.75, 3.05) is 19.6 Å². The zero-order valence-corrected chi connectivity index (χ0v) is 10.1. The van der Waals surface area contributed by atoms with Crippen molar-refractivity contribution in [3.63, 3.8) is 0 Å². The highest BCUT2D eigenvalue weighted by Crippen LogP contribution is 2.29. The van der Waals surface area contributed by atoms with Crippen LogP contribution in [0, 0.1) is 0 Å². The number of rotatable bonds is 3. The Kier molecular flexibility index (Phi) is 3.92. The van der Waals surface area contributed by atoms with Crippen molar-refractivity contribution in [1.82, 2.24) is 4.90 Å². The molecule has 0 bridgehead atoms. The standard InChI is InChI=1S/C13H17F3N2/c14-13(15,16)11-5-3-10(4-6-11)12(17)9-18-7-1-2-8-18/h3-6,12H,1-2,7-9,17H2. The van der Waals surface area contributed by atoms with Crippen LogP contribution in [0.4, 0.5) is 13.2 Å². The summed E-state index contributed by atoms with van der Waals surface area (Å²) in [5.74, 6) is 0. The Morgan fingerprint density at radius 3 is 2.17 bits per heavy atom. The van der Waals surface area contributed by atoms with Gasteiger partial charge in [-0.25, -0.2) is 0 Å². The summed E-state index contributed by atoms with van der Waals surface area (Å²) in [4.78, 5) is 2.25. The molecule has 1 unspecified atom stereocenters. The Hall–Kier alpha value is -1.07. The molecule has 1 saturated heterocycles. The molecule has 5 heteroatoms. The number of halogens is 3. The van der Waals surface area contributed by atoms with Gasteiger partial charge >= 0.3 is 6.18 Å². The second-order valence-corrected chi connectivity index (χ2v) is 4.73. The Labute approximate surface area is 105 Å². The Morgan fingerprint density at radius 2 is 1.67 bits per heavy atom. The van der Waals surface area contributed by atoms with Crippen molar-refractivity contribution in [3.05, 3.63) is 35.4 Å². The number of likely N-dealkylation sites (tertiary alicyclic amines) is 1. The molecule has 2 N–H and O–H groups in total. The fraction of sp³-hybridized carbons (Fsp3) is 0.538. The zero-order valence-electron chi connectivity index (χ0n) is 10.1. The molecule has 1 aromatic rings. The fourth-order valence-electron chi connectivity index (χ4n) is 2.27. The van der Waals surface area contributed by atoms with Crippen LogP contribution in [0.3, 0.4) is 0 Å². The van der Waals surface area contributed by atoms with Gasteiger partial charge in [0.25, 0.3) is 0 Å². The molecular formula is C13H17F3N2. The largest absolute Gasteiger partial charge is 0.416 e. The lowest BCUT2D eigenvalue weighted by Crippen LogP contribution is -2.29. The molecular weight excluding hydrogens is 241 g/mol. The average molecular weight is 258 g/mol. The molecule has 2 rings (SSSR count). The van der Waals surface area contributed by atoms with E-state index in [-0.39, 0.29) is 6.04 Å². The molecule has 1 atom stereocenters. The lowest BCUT2D eigenvalue weighted by atomic mass is 10.0. The van der Waals surface area contributed by atoms with Crippen molar-refractivity contribution < 1.29 is 13.2 Å². The van der Waals surface area contributed by atoms with E-state index in [1.165, 1.54) is 25.0 Å². The normalized spacial score (nSPS) is 19.1. The van der Waals surface area contributed by atoms with E-state index in [9.17, 15) is 13.2 Å². The van der Waals surface area contributed by atoms with Gasteiger partial charge in [0, 0.05) is 12.6 Å². The number of hydrogen-bond donors (Lipinski definition) is 1. The molecule has 1 fully saturated rings. The van der Waals surface area contributed by atoms with Crippen molar-refractivity contribution in [2.45, 2.75) is 25.1 Å². The summed E-state index contributed by atoms with van der Waals surface area (Å²) in [6.45, 7) is 2.79. The smallest absolute Gasteiger partial charge is 0.323 e. The van der Waals surface area contributed by atoms with Gasteiger partial charge in [-0.3, -0.25) is 0 Å². The van der Waals surface area contributed by atoms with Crippen LogP contribution in [-0.2, 0) is 6.18 Å². The molecule has 0 saturated carbocycles. The van der Waals surface area contributed by atoms with Gasteiger partial charge in [-0.1, -0.05) is 12.1 Å². The average Bonchev–Trinajstić information content (AvgIpc) is 2.81. The first-order valence-corrected chi connectivity index (χ1v) is 6.12. The minimum atomic E-state index is -4.28. The van der Waals surface area contributed by atoms with E-state index in [1.807, 2.05) is 0 Å². The molecule has 18 heavy (non-hydrogen) atoms. The molecule has 0 spiro atoms. The summed E-state index contributed by atoms with van der Waals surface area (Å²) < 4.78 is 37.2. The van der Waals surface area contributed by atoms with Gasteiger partial charge in [0.2, 0.25) is 0 Å². The van der Waals surface area contributed by atoms with Crippen LogP contribution in [0.25, 0.3) is 0 Å². The van der Waals surface area contributed by atoms with Gasteiger partial charge in [0.1, 0.15) is 0 Å². The van der Waals surface area contributed by atoms with Crippen molar-refractivity contribution in [1.29, 1.82) is 0 Å². The maximum absolute atomic E-state index is 12.4. The van der Waals surface area contributed by atoms with E-state index in [0.29, 0.717) is 6.54 Å². The van der Waals surface area contributed by atoms with Crippen LogP contribution < -0.4 is 5.73 Å². The molecule has 0 radical (unpaired) electrons. The van der Waals surface area contributed by atoms with Crippen LogP contribution in [0.1, 0.15) is 30.0 Å². The maximum atomic E-state index is 12.4. The third-order valence-corrected chi connectivity index (χ3v) is 3.32. The minimum Gasteiger partial charge on any atom is -0.323 e. The third kappa shape index (κ3) is 3.23. The van der Waals surface area contributed by atoms with E-state index in [0.717, 1.165) is 30.8 Å². The summed E-state index contributed by atoms with van der Waals surface area (Å²) in [7, 11) is 0. The number of benzene rings is 1. The quantitative estimate of drug-likeness (QED) is 0.903. The van der Waals surface area contributed by atoms with E-state index in [2.05, 4.69) is 4.90 Å². The summed E-state index contributed by atoms with van der Waals surface area (Å²) in [6, 6.07) is 4.93. The molecule has 2 nitrogen and oxygen atoms in total. The van der Waals surface area contributed by atoms with Crippen molar-refractivity contribution in [3.8, 4) is 0 Å². The van der Waals surface area contributed by atoms with E-state index in [4.69, 9.17) is 5.73 Å². The molecule has 1 aliphatic rings. The topological polar surface area (TPSA) is 29.3 Å². The molecule has 0 amide bonds. The fourth-order valence-corrected chi connectivity index (χ4v) is 2.27. The first-order chi connectivity index (χ1) is 8.47. The Balaban J connectivity index is 2.00. The van der Waals surface area contributed by atoms with Crippen LogP contribution >= 0.6 is 0 Å². The first-order valence-electron chi connectivity index (χ1n) is 6.12. The molecule has 0 aromatic heterocycles. The van der Waals surface area contributed by atoms with Crippen LogP contribution in [0.2, 0.25) is 0 Å².